The normalized spacial score (nSPS) is 19.3. The van der Waals surface area contributed by atoms with Crippen LogP contribution in [0.4, 0.5) is 5.82 Å². The lowest BCUT2D eigenvalue weighted by Crippen LogP contribution is -2.40. The van der Waals surface area contributed by atoms with E-state index in [1.165, 1.54) is 18.4 Å². The molecule has 3 aromatic rings. The molecule has 2 aliphatic rings. The van der Waals surface area contributed by atoms with Crippen molar-refractivity contribution in [1.82, 2.24) is 19.8 Å². The molecule has 1 aliphatic carbocycles. The highest BCUT2D eigenvalue weighted by Crippen LogP contribution is 2.39. The van der Waals surface area contributed by atoms with E-state index in [-0.39, 0.29) is 5.41 Å². The number of anilines is 1. The summed E-state index contributed by atoms with van der Waals surface area (Å²) in [7, 11) is 0. The highest BCUT2D eigenvalue weighted by atomic mass is 79.9. The van der Waals surface area contributed by atoms with Crippen molar-refractivity contribution in [3.8, 4) is 0 Å². The van der Waals surface area contributed by atoms with Gasteiger partial charge in [-0.25, -0.2) is 0 Å². The fourth-order valence-corrected chi connectivity index (χ4v) is 4.30. The minimum absolute atomic E-state index is 0.0468. The van der Waals surface area contributed by atoms with Gasteiger partial charge in [-0.05, 0) is 55.5 Å². The summed E-state index contributed by atoms with van der Waals surface area (Å²) in [5.74, 6) is 2.37. The number of halogens is 1. The lowest BCUT2D eigenvalue weighted by molar-refractivity contribution is 0.0543. The zero-order valence-corrected chi connectivity index (χ0v) is 16.7. The van der Waals surface area contributed by atoms with Gasteiger partial charge in [-0.3, -0.25) is 0 Å². The second-order valence-electron chi connectivity index (χ2n) is 7.58. The number of nitrogens with one attached hydrogen (secondary N) is 1. The first-order chi connectivity index (χ1) is 13.2. The summed E-state index contributed by atoms with van der Waals surface area (Å²) in [5, 5.41) is 16.9. The summed E-state index contributed by atoms with van der Waals surface area (Å²) in [5.41, 5.74) is 2.21. The van der Waals surface area contributed by atoms with Crippen molar-refractivity contribution in [1.29, 1.82) is 0 Å². The largest absolute Gasteiger partial charge is 0.381 e. The second-order valence-corrected chi connectivity index (χ2v) is 8.49. The van der Waals surface area contributed by atoms with E-state index < -0.39 is 0 Å². The lowest BCUT2D eigenvalue weighted by atomic mass is 9.74. The molecular formula is C20H22BrN5O. The third kappa shape index (κ3) is 3.34. The third-order valence-corrected chi connectivity index (χ3v) is 6.22. The van der Waals surface area contributed by atoms with E-state index in [4.69, 9.17) is 9.84 Å². The molecule has 0 spiro atoms. The van der Waals surface area contributed by atoms with Gasteiger partial charge in [-0.1, -0.05) is 28.1 Å². The Morgan fingerprint density at radius 2 is 2.00 bits per heavy atom. The Labute approximate surface area is 166 Å². The molecule has 3 heterocycles. The molecule has 0 bridgehead atoms. The van der Waals surface area contributed by atoms with E-state index in [2.05, 4.69) is 55.7 Å². The molecule has 1 saturated heterocycles. The standard InChI is InChI=1S/C20H22BrN5O/c21-16-3-1-2-15(12-16)20(8-10-27-11-9-20)13-22-17-6-7-18-23-24-19(14-4-5-14)26(18)25-17/h1-3,6-7,12,14H,4-5,8-11,13H2,(H,22,25). The molecule has 6 nitrogen and oxygen atoms in total. The van der Waals surface area contributed by atoms with E-state index in [1.54, 1.807) is 0 Å². The zero-order chi connectivity index (χ0) is 18.3. The Kier molecular flexibility index (Phi) is 4.36. The number of hydrogen-bond acceptors (Lipinski definition) is 5. The van der Waals surface area contributed by atoms with Crippen LogP contribution >= 0.6 is 15.9 Å². The van der Waals surface area contributed by atoms with Crippen LogP contribution in [0.25, 0.3) is 5.65 Å². The van der Waals surface area contributed by atoms with Gasteiger partial charge in [-0.15, -0.1) is 15.3 Å². The van der Waals surface area contributed by atoms with E-state index >= 15 is 0 Å². The highest BCUT2D eigenvalue weighted by Gasteiger charge is 2.35. The Morgan fingerprint density at radius 3 is 2.78 bits per heavy atom. The van der Waals surface area contributed by atoms with Crippen LogP contribution in [0.1, 0.15) is 43.0 Å². The summed E-state index contributed by atoms with van der Waals surface area (Å²) in [6, 6.07) is 12.6. The number of fused-ring (bicyclic) bond motifs is 1. The summed E-state index contributed by atoms with van der Waals surface area (Å²) in [4.78, 5) is 0. The fraction of sp³-hybridized carbons (Fsp3) is 0.450. The summed E-state index contributed by atoms with van der Waals surface area (Å²) < 4.78 is 8.66. The molecule has 0 atom stereocenters. The third-order valence-electron chi connectivity index (χ3n) is 5.72. The first-order valence-corrected chi connectivity index (χ1v) is 10.3. The Hall–Kier alpha value is -1.99. The van der Waals surface area contributed by atoms with Crippen LogP contribution in [0.5, 0.6) is 0 Å². The van der Waals surface area contributed by atoms with Gasteiger partial charge in [0.25, 0.3) is 0 Å². The van der Waals surface area contributed by atoms with Crippen LogP contribution in [-0.2, 0) is 10.2 Å². The van der Waals surface area contributed by atoms with Crippen LogP contribution in [0, 0.1) is 0 Å². The molecule has 2 aromatic heterocycles. The van der Waals surface area contributed by atoms with Crippen LogP contribution in [0.15, 0.2) is 40.9 Å². The van der Waals surface area contributed by atoms with Gasteiger partial charge in [0.15, 0.2) is 11.5 Å². The molecule has 1 aromatic carbocycles. The van der Waals surface area contributed by atoms with Gasteiger partial charge in [0.2, 0.25) is 0 Å². The maximum absolute atomic E-state index is 5.65. The predicted octanol–water partition coefficient (Wildman–Crippen LogP) is 3.92. The maximum atomic E-state index is 5.65. The molecular weight excluding hydrogens is 406 g/mol. The quantitative estimate of drug-likeness (QED) is 0.668. The number of ether oxygens (including phenoxy) is 1. The van der Waals surface area contributed by atoms with E-state index in [0.717, 1.165) is 54.4 Å². The Balaban J connectivity index is 1.42. The molecule has 2 fully saturated rings. The van der Waals surface area contributed by atoms with Crippen LogP contribution in [0.2, 0.25) is 0 Å². The molecule has 0 unspecified atom stereocenters. The van der Waals surface area contributed by atoms with Crippen molar-refractivity contribution in [2.24, 2.45) is 0 Å². The summed E-state index contributed by atoms with van der Waals surface area (Å²) >= 11 is 3.62. The number of nitrogens with zero attached hydrogens (tertiary/aromatic N) is 4. The van der Waals surface area contributed by atoms with Crippen molar-refractivity contribution in [2.45, 2.75) is 37.0 Å². The highest BCUT2D eigenvalue weighted by molar-refractivity contribution is 9.10. The average molecular weight is 428 g/mol. The van der Waals surface area contributed by atoms with Gasteiger partial charge in [0.05, 0.1) is 0 Å². The van der Waals surface area contributed by atoms with Crippen molar-refractivity contribution < 1.29 is 4.74 Å². The maximum Gasteiger partial charge on any atom is 0.178 e. The summed E-state index contributed by atoms with van der Waals surface area (Å²) in [6.07, 6.45) is 4.37. The van der Waals surface area contributed by atoms with Gasteiger partial charge < -0.3 is 10.1 Å². The monoisotopic (exact) mass is 427 g/mol. The minimum atomic E-state index is 0.0468. The molecule has 1 aliphatic heterocycles. The number of aromatic nitrogens is 4. The molecule has 1 saturated carbocycles. The molecule has 5 rings (SSSR count). The number of benzene rings is 1. The van der Waals surface area contributed by atoms with Crippen LogP contribution in [0.3, 0.4) is 0 Å². The molecule has 0 amide bonds. The minimum Gasteiger partial charge on any atom is -0.381 e. The second kappa shape index (κ2) is 6.87. The Bertz CT molecular complexity index is 962. The van der Waals surface area contributed by atoms with Gasteiger partial charge in [0.1, 0.15) is 5.82 Å². The number of rotatable bonds is 5. The van der Waals surface area contributed by atoms with Crippen molar-refractivity contribution >= 4 is 27.4 Å². The van der Waals surface area contributed by atoms with E-state index in [1.807, 2.05) is 16.6 Å². The van der Waals surface area contributed by atoms with Gasteiger partial charge in [-0.2, -0.15) is 4.52 Å². The van der Waals surface area contributed by atoms with Crippen LogP contribution < -0.4 is 5.32 Å². The lowest BCUT2D eigenvalue weighted by Gasteiger charge is -2.38. The Morgan fingerprint density at radius 1 is 1.15 bits per heavy atom. The van der Waals surface area contributed by atoms with E-state index in [9.17, 15) is 0 Å². The van der Waals surface area contributed by atoms with Gasteiger partial charge in [0, 0.05) is 35.6 Å². The van der Waals surface area contributed by atoms with Crippen molar-refractivity contribution in [2.75, 3.05) is 25.1 Å². The molecule has 140 valence electrons. The summed E-state index contributed by atoms with van der Waals surface area (Å²) in [6.45, 7) is 2.40. The van der Waals surface area contributed by atoms with Crippen molar-refractivity contribution in [3.63, 3.8) is 0 Å². The average Bonchev–Trinajstić information content (AvgIpc) is 3.46. The molecule has 1 N–H and O–H groups in total. The topological polar surface area (TPSA) is 64.3 Å². The van der Waals surface area contributed by atoms with Gasteiger partial charge >= 0.3 is 0 Å². The molecule has 0 radical (unpaired) electrons. The smallest absolute Gasteiger partial charge is 0.178 e. The first kappa shape index (κ1) is 17.1. The fourth-order valence-electron chi connectivity index (χ4n) is 3.90. The van der Waals surface area contributed by atoms with Crippen molar-refractivity contribution in [3.05, 3.63) is 52.3 Å². The predicted molar refractivity (Wildman–Crippen MR) is 107 cm³/mol. The number of hydrogen-bond donors (Lipinski definition) is 1. The van der Waals surface area contributed by atoms with Crippen LogP contribution in [-0.4, -0.2) is 39.6 Å². The zero-order valence-electron chi connectivity index (χ0n) is 15.1. The molecule has 7 heteroatoms. The first-order valence-electron chi connectivity index (χ1n) is 9.54. The SMILES string of the molecule is Brc1cccc(C2(CNc3ccc4nnc(C5CC5)n4n3)CCOCC2)c1. The molecule has 27 heavy (non-hydrogen) atoms. The van der Waals surface area contributed by atoms with E-state index in [0.29, 0.717) is 5.92 Å².